The van der Waals surface area contributed by atoms with Crippen molar-refractivity contribution >= 4 is 43.5 Å². The molecule has 0 radical (unpaired) electrons. The molecule has 1 N–H and O–H groups in total. The third kappa shape index (κ3) is 7.31. The molecule has 1 aliphatic carbocycles. The van der Waals surface area contributed by atoms with Crippen LogP contribution in [-0.2, 0) is 26.2 Å². The molecule has 1 atom stereocenters. The van der Waals surface area contributed by atoms with Crippen LogP contribution in [-0.4, -0.2) is 43.8 Å². The standard InChI is InChI=1S/C31H36BrN3O4S/c1-23-11-9-10-12-25(23)21-34(24(2)31(37)33-27-13-5-3-6-14-27)30(36)22-35(28-19-17-26(32)18-20-28)40(38,39)29-15-7-4-8-16-29/h4,7-12,15-20,24,27H,3,5-6,13-14,21-22H2,1-2H3,(H,33,37). The van der Waals surface area contributed by atoms with Crippen LogP contribution in [0.15, 0.2) is 88.2 Å². The molecule has 0 bridgehead atoms. The number of hydrogen-bond donors (Lipinski definition) is 1. The fourth-order valence-corrected chi connectivity index (χ4v) is 6.68. The van der Waals surface area contributed by atoms with Gasteiger partial charge >= 0.3 is 0 Å². The van der Waals surface area contributed by atoms with Gasteiger partial charge in [-0.15, -0.1) is 0 Å². The van der Waals surface area contributed by atoms with Crippen molar-refractivity contribution in [3.05, 3.63) is 94.5 Å². The predicted molar refractivity (Wildman–Crippen MR) is 161 cm³/mol. The summed E-state index contributed by atoms with van der Waals surface area (Å²) in [5, 5.41) is 3.13. The number of benzene rings is 3. The highest BCUT2D eigenvalue weighted by atomic mass is 79.9. The number of anilines is 1. The van der Waals surface area contributed by atoms with E-state index in [1.54, 1.807) is 49.4 Å². The highest BCUT2D eigenvalue weighted by Crippen LogP contribution is 2.26. The summed E-state index contributed by atoms with van der Waals surface area (Å²) in [4.78, 5) is 29.0. The van der Waals surface area contributed by atoms with Crippen LogP contribution in [0.25, 0.3) is 0 Å². The lowest BCUT2D eigenvalue weighted by Crippen LogP contribution is -2.53. The van der Waals surface area contributed by atoms with E-state index in [4.69, 9.17) is 0 Å². The van der Waals surface area contributed by atoms with Crippen molar-refractivity contribution in [1.82, 2.24) is 10.2 Å². The van der Waals surface area contributed by atoms with Crippen LogP contribution in [0, 0.1) is 6.92 Å². The van der Waals surface area contributed by atoms with Gasteiger partial charge in [-0.25, -0.2) is 8.42 Å². The van der Waals surface area contributed by atoms with Gasteiger partial charge in [-0.1, -0.05) is 77.7 Å². The van der Waals surface area contributed by atoms with Crippen molar-refractivity contribution in [3.8, 4) is 0 Å². The van der Waals surface area contributed by atoms with Crippen molar-refractivity contribution in [1.29, 1.82) is 0 Å². The first-order valence-electron chi connectivity index (χ1n) is 13.6. The van der Waals surface area contributed by atoms with E-state index in [9.17, 15) is 18.0 Å². The number of sulfonamides is 1. The van der Waals surface area contributed by atoms with Crippen LogP contribution in [0.2, 0.25) is 0 Å². The molecule has 1 aliphatic rings. The number of carbonyl (C=O) groups excluding carboxylic acids is 2. The Morgan fingerprint density at radius 2 is 1.55 bits per heavy atom. The molecule has 3 aromatic carbocycles. The van der Waals surface area contributed by atoms with Gasteiger partial charge in [-0.2, -0.15) is 0 Å². The first-order chi connectivity index (χ1) is 19.2. The Hall–Kier alpha value is -3.17. The van der Waals surface area contributed by atoms with E-state index in [1.807, 2.05) is 31.2 Å². The van der Waals surface area contributed by atoms with Gasteiger partial charge in [0.1, 0.15) is 12.6 Å². The molecule has 212 valence electrons. The van der Waals surface area contributed by atoms with Crippen LogP contribution in [0.3, 0.4) is 0 Å². The molecule has 0 spiro atoms. The summed E-state index contributed by atoms with van der Waals surface area (Å²) in [5.41, 5.74) is 2.24. The van der Waals surface area contributed by atoms with Gasteiger partial charge in [-0.05, 0) is 74.2 Å². The summed E-state index contributed by atoms with van der Waals surface area (Å²) in [6.45, 7) is 3.40. The summed E-state index contributed by atoms with van der Waals surface area (Å²) in [7, 11) is -4.08. The highest BCUT2D eigenvalue weighted by molar-refractivity contribution is 9.10. The molecule has 7 nitrogen and oxygen atoms in total. The molecular formula is C31H36BrN3O4S. The minimum absolute atomic E-state index is 0.0827. The van der Waals surface area contributed by atoms with Gasteiger partial charge in [0.15, 0.2) is 0 Å². The summed E-state index contributed by atoms with van der Waals surface area (Å²) in [6.07, 6.45) is 5.17. The molecule has 0 heterocycles. The van der Waals surface area contributed by atoms with E-state index in [2.05, 4.69) is 21.2 Å². The van der Waals surface area contributed by atoms with E-state index >= 15 is 0 Å². The maximum atomic E-state index is 14.1. The molecule has 9 heteroatoms. The minimum atomic E-state index is -4.08. The monoisotopic (exact) mass is 625 g/mol. The van der Waals surface area contributed by atoms with Crippen LogP contribution >= 0.6 is 15.9 Å². The van der Waals surface area contributed by atoms with Crippen molar-refractivity contribution in [2.24, 2.45) is 0 Å². The van der Waals surface area contributed by atoms with E-state index < -0.39 is 28.5 Å². The van der Waals surface area contributed by atoms with E-state index in [1.165, 1.54) is 23.5 Å². The Labute approximate surface area is 245 Å². The second-order valence-corrected chi connectivity index (χ2v) is 13.0. The molecule has 0 aliphatic heterocycles. The molecule has 1 fully saturated rings. The topological polar surface area (TPSA) is 86.8 Å². The number of hydrogen-bond acceptors (Lipinski definition) is 4. The maximum absolute atomic E-state index is 14.1. The zero-order chi connectivity index (χ0) is 28.7. The number of carbonyl (C=O) groups is 2. The van der Waals surface area contributed by atoms with Crippen LogP contribution in [0.5, 0.6) is 0 Å². The molecule has 0 aromatic heterocycles. The van der Waals surface area contributed by atoms with Gasteiger partial charge in [0.25, 0.3) is 10.0 Å². The zero-order valence-electron chi connectivity index (χ0n) is 22.9. The van der Waals surface area contributed by atoms with Gasteiger partial charge in [0.2, 0.25) is 11.8 Å². The Morgan fingerprint density at radius 1 is 0.925 bits per heavy atom. The number of nitrogens with zero attached hydrogens (tertiary/aromatic N) is 2. The summed E-state index contributed by atoms with van der Waals surface area (Å²) >= 11 is 3.40. The second-order valence-electron chi connectivity index (χ2n) is 10.3. The lowest BCUT2D eigenvalue weighted by atomic mass is 9.95. The second kappa shape index (κ2) is 13.5. The Morgan fingerprint density at radius 3 is 2.20 bits per heavy atom. The fraction of sp³-hybridized carbons (Fsp3) is 0.355. The minimum Gasteiger partial charge on any atom is -0.352 e. The third-order valence-electron chi connectivity index (χ3n) is 7.45. The molecular weight excluding hydrogens is 590 g/mol. The van der Waals surface area contributed by atoms with Gasteiger partial charge < -0.3 is 10.2 Å². The van der Waals surface area contributed by atoms with Crippen molar-refractivity contribution in [2.75, 3.05) is 10.8 Å². The van der Waals surface area contributed by atoms with Crippen LogP contribution in [0.1, 0.15) is 50.2 Å². The van der Waals surface area contributed by atoms with E-state index in [0.29, 0.717) is 5.69 Å². The summed E-state index contributed by atoms with van der Waals surface area (Å²) in [6, 6.07) is 21.8. The molecule has 2 amide bonds. The largest absolute Gasteiger partial charge is 0.352 e. The average molecular weight is 627 g/mol. The molecule has 40 heavy (non-hydrogen) atoms. The van der Waals surface area contributed by atoms with E-state index in [-0.39, 0.29) is 23.4 Å². The zero-order valence-corrected chi connectivity index (χ0v) is 25.3. The Kier molecular flexibility index (Phi) is 10.0. The fourth-order valence-electron chi connectivity index (χ4n) is 4.98. The van der Waals surface area contributed by atoms with Crippen LogP contribution < -0.4 is 9.62 Å². The van der Waals surface area contributed by atoms with Gasteiger partial charge in [0.05, 0.1) is 10.6 Å². The Balaban J connectivity index is 1.67. The maximum Gasteiger partial charge on any atom is 0.264 e. The third-order valence-corrected chi connectivity index (χ3v) is 9.76. The number of rotatable bonds is 10. The number of halogens is 1. The predicted octanol–water partition coefficient (Wildman–Crippen LogP) is 5.82. The quantitative estimate of drug-likeness (QED) is 0.308. The smallest absolute Gasteiger partial charge is 0.264 e. The average Bonchev–Trinajstić information content (AvgIpc) is 2.96. The highest BCUT2D eigenvalue weighted by Gasteiger charge is 2.33. The lowest BCUT2D eigenvalue weighted by molar-refractivity contribution is -0.139. The van der Waals surface area contributed by atoms with Gasteiger partial charge in [-0.3, -0.25) is 13.9 Å². The van der Waals surface area contributed by atoms with Crippen molar-refractivity contribution in [3.63, 3.8) is 0 Å². The van der Waals surface area contributed by atoms with Crippen molar-refractivity contribution < 1.29 is 18.0 Å². The first kappa shape index (κ1) is 29.8. The molecule has 1 saturated carbocycles. The lowest BCUT2D eigenvalue weighted by Gasteiger charge is -2.33. The number of aryl methyl sites for hydroxylation is 1. The van der Waals surface area contributed by atoms with E-state index in [0.717, 1.165) is 45.6 Å². The molecule has 0 saturated heterocycles. The number of amides is 2. The SMILES string of the molecule is Cc1ccccc1CN(C(=O)CN(c1ccc(Br)cc1)S(=O)(=O)c1ccccc1)C(C)C(=O)NC1CCCCC1. The molecule has 1 unspecified atom stereocenters. The van der Waals surface area contributed by atoms with Gasteiger partial charge in [0, 0.05) is 17.1 Å². The summed E-state index contributed by atoms with van der Waals surface area (Å²) in [5.74, 6) is -0.688. The summed E-state index contributed by atoms with van der Waals surface area (Å²) < 4.78 is 29.5. The first-order valence-corrected chi connectivity index (χ1v) is 15.9. The normalized spacial score (nSPS) is 14.8. The number of nitrogens with one attached hydrogen (secondary N) is 1. The Bertz CT molecular complexity index is 1410. The van der Waals surface area contributed by atoms with Crippen molar-refractivity contribution in [2.45, 2.75) is 69.5 Å². The molecule has 4 rings (SSSR count). The molecule has 3 aromatic rings. The van der Waals surface area contributed by atoms with Crippen LogP contribution in [0.4, 0.5) is 5.69 Å².